The van der Waals surface area contributed by atoms with Gasteiger partial charge in [0.15, 0.2) is 0 Å². The molecular formula is C16H32N2O. The summed E-state index contributed by atoms with van der Waals surface area (Å²) in [7, 11) is 0. The van der Waals surface area contributed by atoms with Crippen LogP contribution < -0.4 is 10.6 Å². The largest absolute Gasteiger partial charge is 0.352 e. The van der Waals surface area contributed by atoms with E-state index in [1.807, 2.05) is 0 Å². The van der Waals surface area contributed by atoms with Gasteiger partial charge in [0.25, 0.3) is 0 Å². The third kappa shape index (κ3) is 5.94. The summed E-state index contributed by atoms with van der Waals surface area (Å²) >= 11 is 0. The van der Waals surface area contributed by atoms with Crippen LogP contribution in [0.3, 0.4) is 0 Å². The predicted octanol–water partition coefficient (Wildman–Crippen LogP) is 3.24. The molecule has 1 aliphatic carbocycles. The van der Waals surface area contributed by atoms with E-state index in [1.165, 1.54) is 32.1 Å². The van der Waals surface area contributed by atoms with Gasteiger partial charge in [-0.1, -0.05) is 40.0 Å². The summed E-state index contributed by atoms with van der Waals surface area (Å²) in [5, 5.41) is 6.58. The molecule has 0 saturated heterocycles. The zero-order valence-electron chi connectivity index (χ0n) is 13.0. The lowest BCUT2D eigenvalue weighted by Gasteiger charge is -2.30. The molecule has 0 spiro atoms. The zero-order chi connectivity index (χ0) is 14.1. The molecule has 3 nitrogen and oxygen atoms in total. The molecule has 112 valence electrons. The minimum absolute atomic E-state index is 0.156. The summed E-state index contributed by atoms with van der Waals surface area (Å²) in [6.45, 7) is 6.95. The van der Waals surface area contributed by atoms with Gasteiger partial charge in [-0.15, -0.1) is 0 Å². The Balaban J connectivity index is 2.29. The number of hydrogen-bond acceptors (Lipinski definition) is 2. The van der Waals surface area contributed by atoms with Gasteiger partial charge in [-0.3, -0.25) is 4.79 Å². The van der Waals surface area contributed by atoms with Crippen LogP contribution in [0.25, 0.3) is 0 Å². The molecule has 0 heterocycles. The van der Waals surface area contributed by atoms with Crippen LogP contribution in [0.5, 0.6) is 0 Å². The van der Waals surface area contributed by atoms with Crippen LogP contribution in [0.4, 0.5) is 0 Å². The van der Waals surface area contributed by atoms with Crippen molar-refractivity contribution < 1.29 is 4.79 Å². The first-order valence-corrected chi connectivity index (χ1v) is 8.23. The monoisotopic (exact) mass is 268 g/mol. The van der Waals surface area contributed by atoms with E-state index in [1.54, 1.807) is 0 Å². The van der Waals surface area contributed by atoms with E-state index in [0.29, 0.717) is 18.6 Å². The predicted molar refractivity (Wildman–Crippen MR) is 81.2 cm³/mol. The third-order valence-electron chi connectivity index (χ3n) is 4.53. The van der Waals surface area contributed by atoms with Crippen LogP contribution in [0.15, 0.2) is 0 Å². The van der Waals surface area contributed by atoms with Crippen LogP contribution in [0.1, 0.15) is 72.1 Å². The Morgan fingerprint density at radius 1 is 1.05 bits per heavy atom. The molecule has 0 aromatic rings. The molecule has 1 amide bonds. The van der Waals surface area contributed by atoms with E-state index >= 15 is 0 Å². The van der Waals surface area contributed by atoms with Gasteiger partial charge < -0.3 is 10.6 Å². The minimum atomic E-state index is 0.156. The molecule has 0 aliphatic heterocycles. The fourth-order valence-electron chi connectivity index (χ4n) is 3.18. The van der Waals surface area contributed by atoms with Crippen molar-refractivity contribution in [3.8, 4) is 0 Å². The second kappa shape index (κ2) is 9.35. The van der Waals surface area contributed by atoms with Gasteiger partial charge in [0.05, 0.1) is 6.54 Å². The molecule has 1 rings (SSSR count). The van der Waals surface area contributed by atoms with Gasteiger partial charge in [0.1, 0.15) is 0 Å². The van der Waals surface area contributed by atoms with Crippen molar-refractivity contribution in [2.45, 2.75) is 84.2 Å². The van der Waals surface area contributed by atoms with Crippen molar-refractivity contribution in [1.29, 1.82) is 0 Å². The molecule has 2 N–H and O–H groups in total. The molecule has 1 unspecified atom stereocenters. The molecule has 0 aromatic carbocycles. The maximum atomic E-state index is 11.9. The normalized spacial score (nSPS) is 18.5. The smallest absolute Gasteiger partial charge is 0.234 e. The van der Waals surface area contributed by atoms with E-state index in [2.05, 4.69) is 31.4 Å². The van der Waals surface area contributed by atoms with Gasteiger partial charge in [-0.05, 0) is 38.0 Å². The minimum Gasteiger partial charge on any atom is -0.352 e. The molecule has 0 aromatic heterocycles. The molecule has 19 heavy (non-hydrogen) atoms. The molecular weight excluding hydrogens is 236 g/mol. The molecule has 1 saturated carbocycles. The van der Waals surface area contributed by atoms with Crippen LogP contribution in [0, 0.1) is 5.92 Å². The number of carbonyl (C=O) groups is 1. The standard InChI is InChI=1S/C16H32N2O/c1-4-14(5-2)18-16(19)12-17-15(6-3)13-10-8-7-9-11-13/h13-15,17H,4-12H2,1-3H3,(H,18,19). The highest BCUT2D eigenvalue weighted by Gasteiger charge is 2.22. The van der Waals surface area contributed by atoms with Gasteiger partial charge >= 0.3 is 0 Å². The Morgan fingerprint density at radius 2 is 1.68 bits per heavy atom. The summed E-state index contributed by atoms with van der Waals surface area (Å²) in [6, 6.07) is 0.858. The number of carbonyl (C=O) groups excluding carboxylic acids is 1. The molecule has 0 bridgehead atoms. The summed E-state index contributed by atoms with van der Waals surface area (Å²) in [5.74, 6) is 0.933. The van der Waals surface area contributed by atoms with Gasteiger partial charge in [-0.2, -0.15) is 0 Å². The number of rotatable bonds is 8. The number of amides is 1. The molecule has 3 heteroatoms. The summed E-state index contributed by atoms with van der Waals surface area (Å²) in [6.07, 6.45) is 9.94. The van der Waals surface area contributed by atoms with Crippen LogP contribution in [-0.2, 0) is 4.79 Å². The first-order chi connectivity index (χ1) is 9.21. The maximum absolute atomic E-state index is 11.9. The third-order valence-corrected chi connectivity index (χ3v) is 4.53. The van der Waals surface area contributed by atoms with Crippen molar-refractivity contribution in [2.75, 3.05) is 6.54 Å². The zero-order valence-corrected chi connectivity index (χ0v) is 13.0. The Bertz CT molecular complexity index is 245. The average Bonchev–Trinajstić information content (AvgIpc) is 2.46. The highest BCUT2D eigenvalue weighted by atomic mass is 16.1. The summed E-state index contributed by atoms with van der Waals surface area (Å²) in [4.78, 5) is 11.9. The van der Waals surface area contributed by atoms with E-state index in [-0.39, 0.29) is 5.91 Å². The lowest BCUT2D eigenvalue weighted by molar-refractivity contribution is -0.121. The van der Waals surface area contributed by atoms with Crippen molar-refractivity contribution in [2.24, 2.45) is 5.92 Å². The topological polar surface area (TPSA) is 41.1 Å². The van der Waals surface area contributed by atoms with Crippen molar-refractivity contribution in [1.82, 2.24) is 10.6 Å². The summed E-state index contributed by atoms with van der Waals surface area (Å²) in [5.41, 5.74) is 0. The quantitative estimate of drug-likeness (QED) is 0.709. The highest BCUT2D eigenvalue weighted by Crippen LogP contribution is 2.27. The molecule has 1 fully saturated rings. The van der Waals surface area contributed by atoms with Crippen LogP contribution >= 0.6 is 0 Å². The fourth-order valence-corrected chi connectivity index (χ4v) is 3.18. The molecule has 1 aliphatic rings. The second-order valence-corrected chi connectivity index (χ2v) is 5.87. The first-order valence-electron chi connectivity index (χ1n) is 8.23. The first kappa shape index (κ1) is 16.5. The average molecular weight is 268 g/mol. The Kier molecular flexibility index (Phi) is 8.11. The second-order valence-electron chi connectivity index (χ2n) is 5.87. The van der Waals surface area contributed by atoms with Crippen molar-refractivity contribution in [3.05, 3.63) is 0 Å². The molecule has 1 atom stereocenters. The van der Waals surface area contributed by atoms with E-state index in [4.69, 9.17) is 0 Å². The Hall–Kier alpha value is -0.570. The van der Waals surface area contributed by atoms with E-state index < -0.39 is 0 Å². The maximum Gasteiger partial charge on any atom is 0.234 e. The Morgan fingerprint density at radius 3 is 2.21 bits per heavy atom. The van der Waals surface area contributed by atoms with Gasteiger partial charge in [0, 0.05) is 12.1 Å². The lowest BCUT2D eigenvalue weighted by atomic mass is 9.83. The van der Waals surface area contributed by atoms with Crippen molar-refractivity contribution >= 4 is 5.91 Å². The highest BCUT2D eigenvalue weighted by molar-refractivity contribution is 5.78. The summed E-state index contributed by atoms with van der Waals surface area (Å²) < 4.78 is 0. The Labute approximate surface area is 118 Å². The van der Waals surface area contributed by atoms with Crippen molar-refractivity contribution in [3.63, 3.8) is 0 Å². The van der Waals surface area contributed by atoms with Gasteiger partial charge in [0.2, 0.25) is 5.91 Å². The fraction of sp³-hybridized carbons (Fsp3) is 0.938. The number of nitrogens with one attached hydrogen (secondary N) is 2. The number of hydrogen-bond donors (Lipinski definition) is 2. The SMILES string of the molecule is CCC(CC)NC(=O)CNC(CC)C1CCCCC1. The van der Waals surface area contributed by atoms with Crippen LogP contribution in [-0.4, -0.2) is 24.5 Å². The van der Waals surface area contributed by atoms with E-state index in [9.17, 15) is 4.79 Å². The van der Waals surface area contributed by atoms with E-state index in [0.717, 1.165) is 25.2 Å². The van der Waals surface area contributed by atoms with Crippen LogP contribution in [0.2, 0.25) is 0 Å². The lowest BCUT2D eigenvalue weighted by Crippen LogP contribution is -2.45. The molecule has 0 radical (unpaired) electrons. The van der Waals surface area contributed by atoms with Gasteiger partial charge in [-0.25, -0.2) is 0 Å².